The van der Waals surface area contributed by atoms with E-state index in [1.807, 2.05) is 0 Å². The number of nitrogens with two attached hydrogens (primary N) is 1. The van der Waals surface area contributed by atoms with Crippen LogP contribution in [0.4, 0.5) is 10.2 Å². The first-order valence-corrected chi connectivity index (χ1v) is 5.00. The Hall–Kier alpha value is -1.49. The molecule has 0 aliphatic carbocycles. The van der Waals surface area contributed by atoms with Crippen LogP contribution in [-0.4, -0.2) is 9.97 Å². The molecular weight excluding hydrogens is 261 g/mol. The fourth-order valence-electron chi connectivity index (χ4n) is 1.17. The highest BCUT2D eigenvalue weighted by Gasteiger charge is 2.08. The molecule has 76 valence electrons. The molecule has 2 N–H and O–H groups in total. The van der Waals surface area contributed by atoms with Gasteiger partial charge in [0.25, 0.3) is 0 Å². The van der Waals surface area contributed by atoms with E-state index in [-0.39, 0.29) is 5.82 Å². The van der Waals surface area contributed by atoms with Gasteiger partial charge in [-0.2, -0.15) is 0 Å². The molecular formula is C10H7BrFN3. The summed E-state index contributed by atoms with van der Waals surface area (Å²) < 4.78 is 14.2. The highest BCUT2D eigenvalue weighted by Crippen LogP contribution is 2.22. The van der Waals surface area contributed by atoms with Crippen molar-refractivity contribution in [3.8, 4) is 11.4 Å². The second kappa shape index (κ2) is 3.94. The van der Waals surface area contributed by atoms with E-state index in [1.165, 1.54) is 12.3 Å². The Balaban J connectivity index is 2.54. The third-order valence-electron chi connectivity index (χ3n) is 1.85. The van der Waals surface area contributed by atoms with Gasteiger partial charge in [0.2, 0.25) is 0 Å². The monoisotopic (exact) mass is 267 g/mol. The van der Waals surface area contributed by atoms with Crippen molar-refractivity contribution in [3.05, 3.63) is 40.8 Å². The number of hydrogen-bond donors (Lipinski definition) is 1. The van der Waals surface area contributed by atoms with Crippen molar-refractivity contribution in [2.75, 3.05) is 5.73 Å². The van der Waals surface area contributed by atoms with Crippen molar-refractivity contribution >= 4 is 21.7 Å². The van der Waals surface area contributed by atoms with E-state index in [2.05, 4.69) is 25.9 Å². The van der Waals surface area contributed by atoms with Gasteiger partial charge in [0.1, 0.15) is 11.6 Å². The number of hydrogen-bond acceptors (Lipinski definition) is 3. The van der Waals surface area contributed by atoms with Crippen LogP contribution < -0.4 is 5.73 Å². The normalized spacial score (nSPS) is 10.3. The number of rotatable bonds is 1. The van der Waals surface area contributed by atoms with Crippen molar-refractivity contribution in [2.24, 2.45) is 0 Å². The summed E-state index contributed by atoms with van der Waals surface area (Å²) in [6.45, 7) is 0. The summed E-state index contributed by atoms with van der Waals surface area (Å²) in [6, 6.07) is 6.25. The minimum Gasteiger partial charge on any atom is -0.384 e. The van der Waals surface area contributed by atoms with E-state index in [0.717, 1.165) is 0 Å². The molecule has 2 rings (SSSR count). The van der Waals surface area contributed by atoms with E-state index in [0.29, 0.717) is 21.7 Å². The molecule has 0 unspecified atom stereocenters. The predicted octanol–water partition coefficient (Wildman–Crippen LogP) is 2.63. The predicted molar refractivity (Wildman–Crippen MR) is 59.5 cm³/mol. The summed E-state index contributed by atoms with van der Waals surface area (Å²) in [7, 11) is 0. The van der Waals surface area contributed by atoms with Gasteiger partial charge in [-0.1, -0.05) is 15.9 Å². The summed E-state index contributed by atoms with van der Waals surface area (Å²) >= 11 is 3.18. The fraction of sp³-hybridized carbons (Fsp3) is 0. The lowest BCUT2D eigenvalue weighted by Crippen LogP contribution is -1.96. The molecule has 2 aromatic rings. The molecule has 0 aliphatic rings. The Morgan fingerprint density at radius 1 is 1.27 bits per heavy atom. The van der Waals surface area contributed by atoms with E-state index in [1.54, 1.807) is 18.2 Å². The zero-order valence-corrected chi connectivity index (χ0v) is 9.20. The molecule has 0 radical (unpaired) electrons. The lowest BCUT2D eigenvalue weighted by Gasteiger charge is -2.02. The van der Waals surface area contributed by atoms with E-state index >= 15 is 0 Å². The molecule has 15 heavy (non-hydrogen) atoms. The topological polar surface area (TPSA) is 51.8 Å². The Morgan fingerprint density at radius 2 is 2.07 bits per heavy atom. The number of halogens is 2. The largest absolute Gasteiger partial charge is 0.384 e. The average Bonchev–Trinajstić information content (AvgIpc) is 2.17. The molecule has 0 aliphatic heterocycles. The Morgan fingerprint density at radius 3 is 2.73 bits per heavy atom. The first-order valence-electron chi connectivity index (χ1n) is 4.21. The van der Waals surface area contributed by atoms with Crippen LogP contribution in [0.25, 0.3) is 11.4 Å². The zero-order valence-electron chi connectivity index (χ0n) is 7.61. The van der Waals surface area contributed by atoms with Crippen LogP contribution in [0.15, 0.2) is 34.9 Å². The van der Waals surface area contributed by atoms with Crippen LogP contribution in [0.3, 0.4) is 0 Å². The second-order valence-corrected chi connectivity index (χ2v) is 3.84. The maximum atomic E-state index is 13.5. The molecule has 3 nitrogen and oxygen atoms in total. The van der Waals surface area contributed by atoms with Crippen molar-refractivity contribution in [3.63, 3.8) is 0 Å². The first-order chi connectivity index (χ1) is 7.16. The van der Waals surface area contributed by atoms with Crippen LogP contribution in [0.1, 0.15) is 0 Å². The molecule has 5 heteroatoms. The summed E-state index contributed by atoms with van der Waals surface area (Å²) in [5.41, 5.74) is 5.83. The number of aromatic nitrogens is 2. The maximum absolute atomic E-state index is 13.5. The Kier molecular flexibility index (Phi) is 2.64. The van der Waals surface area contributed by atoms with Gasteiger partial charge in [0.15, 0.2) is 5.82 Å². The van der Waals surface area contributed by atoms with Crippen molar-refractivity contribution < 1.29 is 4.39 Å². The lowest BCUT2D eigenvalue weighted by atomic mass is 10.2. The zero-order chi connectivity index (χ0) is 10.8. The Labute approximate surface area is 94.3 Å². The van der Waals surface area contributed by atoms with E-state index < -0.39 is 0 Å². The molecule has 0 spiro atoms. The van der Waals surface area contributed by atoms with Gasteiger partial charge >= 0.3 is 0 Å². The van der Waals surface area contributed by atoms with Crippen molar-refractivity contribution in [1.29, 1.82) is 0 Å². The minimum atomic E-state index is -0.380. The molecule has 0 saturated carbocycles. The van der Waals surface area contributed by atoms with Crippen molar-refractivity contribution in [2.45, 2.75) is 0 Å². The third kappa shape index (κ3) is 2.12. The number of benzene rings is 1. The van der Waals surface area contributed by atoms with Crippen LogP contribution in [0.2, 0.25) is 0 Å². The molecule has 0 fully saturated rings. The van der Waals surface area contributed by atoms with Crippen LogP contribution in [0, 0.1) is 5.82 Å². The highest BCUT2D eigenvalue weighted by molar-refractivity contribution is 9.10. The molecule has 0 atom stereocenters. The quantitative estimate of drug-likeness (QED) is 0.864. The van der Waals surface area contributed by atoms with Gasteiger partial charge in [-0.15, -0.1) is 0 Å². The highest BCUT2D eigenvalue weighted by atomic mass is 79.9. The van der Waals surface area contributed by atoms with Crippen LogP contribution in [0.5, 0.6) is 0 Å². The first kappa shape index (κ1) is 10.0. The minimum absolute atomic E-state index is 0.292. The third-order valence-corrected chi connectivity index (χ3v) is 2.34. The summed E-state index contributed by atoms with van der Waals surface area (Å²) in [4.78, 5) is 7.90. The van der Waals surface area contributed by atoms with E-state index in [4.69, 9.17) is 5.73 Å². The van der Waals surface area contributed by atoms with Gasteiger partial charge < -0.3 is 5.73 Å². The van der Waals surface area contributed by atoms with Gasteiger partial charge in [0.05, 0.1) is 5.56 Å². The van der Waals surface area contributed by atoms with Crippen molar-refractivity contribution in [1.82, 2.24) is 9.97 Å². The molecule has 0 amide bonds. The smallest absolute Gasteiger partial charge is 0.164 e. The summed E-state index contributed by atoms with van der Waals surface area (Å²) in [5, 5.41) is 0. The SMILES string of the molecule is Nc1ccnc(-c2ccc(Br)cc2F)n1. The van der Waals surface area contributed by atoms with Gasteiger partial charge in [0, 0.05) is 10.7 Å². The number of nitrogen functional groups attached to an aromatic ring is 1. The summed E-state index contributed by atoms with van der Waals surface area (Å²) in [6.07, 6.45) is 1.50. The molecule has 1 aromatic heterocycles. The van der Waals surface area contributed by atoms with Gasteiger partial charge in [-0.25, -0.2) is 14.4 Å². The van der Waals surface area contributed by atoms with Crippen LogP contribution in [-0.2, 0) is 0 Å². The molecule has 1 heterocycles. The lowest BCUT2D eigenvalue weighted by molar-refractivity contribution is 0.629. The average molecular weight is 268 g/mol. The number of anilines is 1. The van der Waals surface area contributed by atoms with Crippen LogP contribution >= 0.6 is 15.9 Å². The number of nitrogens with zero attached hydrogens (tertiary/aromatic N) is 2. The maximum Gasteiger partial charge on any atom is 0.164 e. The Bertz CT molecular complexity index is 502. The standard InChI is InChI=1S/C10H7BrFN3/c11-6-1-2-7(8(12)5-6)10-14-4-3-9(13)15-10/h1-5H,(H2,13,14,15). The van der Waals surface area contributed by atoms with Gasteiger partial charge in [-0.3, -0.25) is 0 Å². The second-order valence-electron chi connectivity index (χ2n) is 2.93. The fourth-order valence-corrected chi connectivity index (χ4v) is 1.51. The van der Waals surface area contributed by atoms with E-state index in [9.17, 15) is 4.39 Å². The van der Waals surface area contributed by atoms with Gasteiger partial charge in [-0.05, 0) is 24.3 Å². The molecule has 0 saturated heterocycles. The molecule has 0 bridgehead atoms. The molecule has 1 aromatic carbocycles. The summed E-state index contributed by atoms with van der Waals surface area (Å²) in [5.74, 6) is 0.234.